The van der Waals surface area contributed by atoms with Crippen LogP contribution < -0.4 is 5.76 Å². The molecule has 0 saturated heterocycles. The van der Waals surface area contributed by atoms with Gasteiger partial charge in [0, 0.05) is 12.1 Å². The highest BCUT2D eigenvalue weighted by Gasteiger charge is 2.09. The molecular weight excluding hydrogens is 218 g/mol. The van der Waals surface area contributed by atoms with E-state index in [1.165, 1.54) is 0 Å². The number of furan rings is 1. The van der Waals surface area contributed by atoms with E-state index in [0.29, 0.717) is 12.1 Å². The van der Waals surface area contributed by atoms with E-state index in [9.17, 15) is 4.79 Å². The topological polar surface area (TPSA) is 48.3 Å². The fourth-order valence-electron chi connectivity index (χ4n) is 1.96. The van der Waals surface area contributed by atoms with Crippen LogP contribution in [0, 0.1) is 0 Å². The van der Waals surface area contributed by atoms with Crippen molar-refractivity contribution in [2.24, 2.45) is 0 Å². The maximum Gasteiger partial charge on any atom is 0.419 e. The van der Waals surface area contributed by atoms with Gasteiger partial charge in [-0.25, -0.2) is 4.79 Å². The second-order valence-corrected chi connectivity index (χ2v) is 3.77. The van der Waals surface area contributed by atoms with Crippen molar-refractivity contribution in [2.75, 3.05) is 0 Å². The van der Waals surface area contributed by atoms with Gasteiger partial charge in [0.1, 0.15) is 5.76 Å². The van der Waals surface area contributed by atoms with Crippen LogP contribution in [0.1, 0.15) is 6.92 Å². The quantitative estimate of drug-likeness (QED) is 0.678. The minimum absolute atomic E-state index is 0.320. The highest BCUT2D eigenvalue weighted by atomic mass is 16.4. The van der Waals surface area contributed by atoms with E-state index in [1.807, 2.05) is 37.3 Å². The number of hydrogen-bond donors (Lipinski definition) is 0. The average molecular weight is 229 g/mol. The fraction of sp³-hybridized carbons (Fsp3) is 0.154. The molecule has 86 valence electrons. The van der Waals surface area contributed by atoms with Gasteiger partial charge >= 0.3 is 5.76 Å². The summed E-state index contributed by atoms with van der Waals surface area (Å²) < 4.78 is 12.1. The molecule has 0 radical (unpaired) electrons. The third-order valence-corrected chi connectivity index (χ3v) is 2.79. The third kappa shape index (κ3) is 1.49. The summed E-state index contributed by atoms with van der Waals surface area (Å²) in [6.07, 6.45) is 1.62. The van der Waals surface area contributed by atoms with Gasteiger partial charge in [-0.3, -0.25) is 4.57 Å². The summed E-state index contributed by atoms with van der Waals surface area (Å²) in [5.74, 6) is 0.442. The first-order valence-corrected chi connectivity index (χ1v) is 5.47. The number of aryl methyl sites for hydroxylation is 1. The van der Waals surface area contributed by atoms with Gasteiger partial charge in [0.2, 0.25) is 0 Å². The molecule has 0 aliphatic carbocycles. The van der Waals surface area contributed by atoms with Crippen LogP contribution in [0.5, 0.6) is 0 Å². The minimum Gasteiger partial charge on any atom is -0.464 e. The number of oxazole rings is 1. The first-order chi connectivity index (χ1) is 8.29. The van der Waals surface area contributed by atoms with Crippen molar-refractivity contribution in [2.45, 2.75) is 13.5 Å². The number of hydrogen-bond acceptors (Lipinski definition) is 3. The van der Waals surface area contributed by atoms with Crippen molar-refractivity contribution in [3.8, 4) is 11.3 Å². The van der Waals surface area contributed by atoms with Crippen molar-refractivity contribution in [1.29, 1.82) is 0 Å². The maximum absolute atomic E-state index is 11.5. The van der Waals surface area contributed by atoms with Crippen LogP contribution in [0.3, 0.4) is 0 Å². The van der Waals surface area contributed by atoms with Crippen molar-refractivity contribution in [1.82, 2.24) is 4.57 Å². The van der Waals surface area contributed by atoms with E-state index in [-0.39, 0.29) is 5.76 Å². The summed E-state index contributed by atoms with van der Waals surface area (Å²) in [5, 5.41) is 0. The molecular formula is C13H11NO3. The molecule has 4 nitrogen and oxygen atoms in total. The molecule has 1 aromatic carbocycles. The lowest BCUT2D eigenvalue weighted by molar-refractivity contribution is 0.513. The molecule has 3 rings (SSSR count). The summed E-state index contributed by atoms with van der Waals surface area (Å²) in [6.45, 7) is 2.52. The fourth-order valence-corrected chi connectivity index (χ4v) is 1.96. The van der Waals surface area contributed by atoms with Crippen molar-refractivity contribution in [3.63, 3.8) is 0 Å². The van der Waals surface area contributed by atoms with Gasteiger partial charge in [-0.15, -0.1) is 0 Å². The van der Waals surface area contributed by atoms with Crippen LogP contribution in [-0.2, 0) is 6.54 Å². The Bertz CT molecular complexity index is 704. The van der Waals surface area contributed by atoms with Crippen molar-refractivity contribution >= 4 is 11.1 Å². The van der Waals surface area contributed by atoms with Gasteiger partial charge in [-0.2, -0.15) is 0 Å². The van der Waals surface area contributed by atoms with Crippen LogP contribution in [0.2, 0.25) is 0 Å². The summed E-state index contributed by atoms with van der Waals surface area (Å²) in [6, 6.07) is 9.31. The van der Waals surface area contributed by atoms with Crippen LogP contribution >= 0.6 is 0 Å². The lowest BCUT2D eigenvalue weighted by atomic mass is 10.1. The predicted octanol–water partition coefficient (Wildman–Crippen LogP) is 2.87. The molecule has 0 spiro atoms. The van der Waals surface area contributed by atoms with E-state index in [0.717, 1.165) is 16.8 Å². The van der Waals surface area contributed by atoms with E-state index in [1.54, 1.807) is 10.8 Å². The highest BCUT2D eigenvalue weighted by Crippen LogP contribution is 2.24. The molecule has 3 aromatic rings. The normalized spacial score (nSPS) is 11.1. The van der Waals surface area contributed by atoms with Gasteiger partial charge in [-0.1, -0.05) is 0 Å². The Morgan fingerprint density at radius 1 is 1.29 bits per heavy atom. The van der Waals surface area contributed by atoms with Gasteiger partial charge in [0.15, 0.2) is 5.58 Å². The van der Waals surface area contributed by atoms with E-state index < -0.39 is 0 Å². The van der Waals surface area contributed by atoms with E-state index in [2.05, 4.69) is 0 Å². The molecule has 2 heterocycles. The molecule has 0 saturated carbocycles. The molecule has 0 N–H and O–H groups in total. The Labute approximate surface area is 97.1 Å². The minimum atomic E-state index is -0.320. The molecule has 0 unspecified atom stereocenters. The standard InChI is InChI=1S/C13H11NO3/c1-2-14-10-6-5-9(11-4-3-7-16-11)8-12(10)17-13(14)15/h3-8H,2H2,1H3. The number of aromatic nitrogens is 1. The average Bonchev–Trinajstić information content (AvgIpc) is 2.93. The number of rotatable bonds is 2. The zero-order chi connectivity index (χ0) is 11.8. The first-order valence-electron chi connectivity index (χ1n) is 5.47. The van der Waals surface area contributed by atoms with Crippen LogP contribution in [-0.4, -0.2) is 4.57 Å². The van der Waals surface area contributed by atoms with Crippen molar-refractivity contribution in [3.05, 3.63) is 47.1 Å². The second-order valence-electron chi connectivity index (χ2n) is 3.77. The molecule has 0 atom stereocenters. The Balaban J connectivity index is 2.24. The molecule has 0 amide bonds. The molecule has 0 bridgehead atoms. The maximum atomic E-state index is 11.5. The Morgan fingerprint density at radius 3 is 2.88 bits per heavy atom. The second kappa shape index (κ2) is 3.66. The van der Waals surface area contributed by atoms with Gasteiger partial charge < -0.3 is 8.83 Å². The summed E-state index contributed by atoms with van der Waals surface area (Å²) in [4.78, 5) is 11.5. The lowest BCUT2D eigenvalue weighted by Crippen LogP contribution is -2.11. The van der Waals surface area contributed by atoms with Gasteiger partial charge in [-0.05, 0) is 37.3 Å². The van der Waals surface area contributed by atoms with Gasteiger partial charge in [0.05, 0.1) is 11.8 Å². The molecule has 17 heavy (non-hydrogen) atoms. The third-order valence-electron chi connectivity index (χ3n) is 2.79. The summed E-state index contributed by atoms with van der Waals surface area (Å²) in [5.41, 5.74) is 2.30. The van der Waals surface area contributed by atoms with E-state index in [4.69, 9.17) is 8.83 Å². The van der Waals surface area contributed by atoms with Crippen LogP contribution in [0.25, 0.3) is 22.4 Å². The Hall–Kier alpha value is -2.23. The van der Waals surface area contributed by atoms with Gasteiger partial charge in [0.25, 0.3) is 0 Å². The highest BCUT2D eigenvalue weighted by molar-refractivity contribution is 5.79. The number of nitrogens with zero attached hydrogens (tertiary/aromatic N) is 1. The summed E-state index contributed by atoms with van der Waals surface area (Å²) >= 11 is 0. The molecule has 0 fully saturated rings. The molecule has 4 heteroatoms. The Morgan fingerprint density at radius 2 is 2.18 bits per heavy atom. The predicted molar refractivity (Wildman–Crippen MR) is 63.9 cm³/mol. The summed E-state index contributed by atoms with van der Waals surface area (Å²) in [7, 11) is 0. The molecule has 0 aliphatic heterocycles. The smallest absolute Gasteiger partial charge is 0.419 e. The lowest BCUT2D eigenvalue weighted by Gasteiger charge is -1.98. The van der Waals surface area contributed by atoms with E-state index >= 15 is 0 Å². The van der Waals surface area contributed by atoms with Crippen LogP contribution in [0.15, 0.2) is 50.2 Å². The molecule has 2 aromatic heterocycles. The Kier molecular flexibility index (Phi) is 2.14. The zero-order valence-corrected chi connectivity index (χ0v) is 9.34. The molecule has 0 aliphatic rings. The zero-order valence-electron chi connectivity index (χ0n) is 9.34. The van der Waals surface area contributed by atoms with Crippen molar-refractivity contribution < 1.29 is 8.83 Å². The SMILES string of the molecule is CCn1c(=O)oc2cc(-c3ccco3)ccc21. The number of fused-ring (bicyclic) bond motifs is 1. The van der Waals surface area contributed by atoms with Crippen LogP contribution in [0.4, 0.5) is 0 Å². The first kappa shape index (κ1) is 9.96. The monoisotopic (exact) mass is 229 g/mol. The number of benzene rings is 1. The largest absolute Gasteiger partial charge is 0.464 e.